The molecule has 1 atom stereocenters. The number of primary amides is 1. The fourth-order valence-corrected chi connectivity index (χ4v) is 1.91. The lowest BCUT2D eigenvalue weighted by Gasteiger charge is -2.20. The Hall–Kier alpha value is -1.62. The lowest BCUT2D eigenvalue weighted by atomic mass is 9.91. The molecule has 1 amide bonds. The number of amides is 1. The molecule has 0 bridgehead atoms. The quantitative estimate of drug-likeness (QED) is 0.566. The zero-order valence-corrected chi connectivity index (χ0v) is 8.25. The number of fused-ring (bicyclic) bond motifs is 1. The molecular formula is C10H13N3O2. The van der Waals surface area contributed by atoms with Gasteiger partial charge >= 0.3 is 0 Å². The van der Waals surface area contributed by atoms with E-state index >= 15 is 0 Å². The Bertz CT molecular complexity index is 464. The first-order valence-corrected chi connectivity index (χ1v) is 4.88. The van der Waals surface area contributed by atoms with E-state index in [0.717, 1.165) is 24.1 Å². The summed E-state index contributed by atoms with van der Waals surface area (Å²) in [6, 6.07) is 1.67. The third-order valence-electron chi connectivity index (χ3n) is 2.73. The maximum Gasteiger partial charge on any atom is 0.261 e. The molecule has 1 heterocycles. The first kappa shape index (κ1) is 9.92. The monoisotopic (exact) mass is 207 g/mol. The molecule has 15 heavy (non-hydrogen) atoms. The van der Waals surface area contributed by atoms with Gasteiger partial charge in [0.05, 0.1) is 0 Å². The van der Waals surface area contributed by atoms with Gasteiger partial charge in [-0.3, -0.25) is 9.59 Å². The van der Waals surface area contributed by atoms with Crippen LogP contribution in [0.3, 0.4) is 0 Å². The summed E-state index contributed by atoms with van der Waals surface area (Å²) in [5.74, 6) is -0.696. The molecule has 1 aliphatic rings. The number of carbonyl (C=O) groups is 1. The highest BCUT2D eigenvalue weighted by Crippen LogP contribution is 2.17. The Morgan fingerprint density at radius 2 is 2.27 bits per heavy atom. The second-order valence-electron chi connectivity index (χ2n) is 3.88. The highest BCUT2D eigenvalue weighted by Gasteiger charge is 2.18. The van der Waals surface area contributed by atoms with Crippen LogP contribution in [-0.4, -0.2) is 16.9 Å². The van der Waals surface area contributed by atoms with Crippen LogP contribution < -0.4 is 17.0 Å². The fraction of sp³-hybridized carbons (Fsp3) is 0.400. The van der Waals surface area contributed by atoms with Crippen LogP contribution in [0.25, 0.3) is 0 Å². The summed E-state index contributed by atoms with van der Waals surface area (Å²) in [5.41, 5.74) is 12.3. The standard InChI is InChI=1S/C10H13N3O2/c11-6-1-2-8-5(3-6)4-7(9(12)14)10(15)13-8/h4,6H,1-3,11H2,(H2,12,14)(H,13,15)/t6-/m1/s1. The number of nitrogens with two attached hydrogens (primary N) is 2. The maximum absolute atomic E-state index is 11.4. The number of carbonyl (C=O) groups excluding carboxylic acids is 1. The van der Waals surface area contributed by atoms with Crippen LogP contribution in [-0.2, 0) is 12.8 Å². The Morgan fingerprint density at radius 3 is 2.93 bits per heavy atom. The summed E-state index contributed by atoms with van der Waals surface area (Å²) in [6.45, 7) is 0. The minimum absolute atomic E-state index is 0.0165. The number of hydrogen-bond donors (Lipinski definition) is 3. The molecule has 0 spiro atoms. The molecular weight excluding hydrogens is 194 g/mol. The number of aryl methyl sites for hydroxylation is 1. The van der Waals surface area contributed by atoms with Gasteiger partial charge < -0.3 is 16.5 Å². The van der Waals surface area contributed by atoms with Crippen molar-refractivity contribution in [3.63, 3.8) is 0 Å². The summed E-state index contributed by atoms with van der Waals surface area (Å²) >= 11 is 0. The van der Waals surface area contributed by atoms with Gasteiger partial charge in [0.15, 0.2) is 0 Å². The molecule has 0 fully saturated rings. The molecule has 5 heteroatoms. The van der Waals surface area contributed by atoms with Crippen LogP contribution in [0.5, 0.6) is 0 Å². The molecule has 0 aromatic carbocycles. The third kappa shape index (κ3) is 1.78. The molecule has 0 aliphatic heterocycles. The van der Waals surface area contributed by atoms with Gasteiger partial charge in [0, 0.05) is 11.7 Å². The molecule has 1 aliphatic carbocycles. The van der Waals surface area contributed by atoms with Gasteiger partial charge in [0.1, 0.15) is 5.56 Å². The van der Waals surface area contributed by atoms with E-state index in [1.165, 1.54) is 0 Å². The van der Waals surface area contributed by atoms with Gasteiger partial charge in [-0.25, -0.2) is 0 Å². The molecule has 0 saturated heterocycles. The summed E-state index contributed by atoms with van der Waals surface area (Å²) in [6.07, 6.45) is 2.30. The molecule has 5 N–H and O–H groups in total. The second kappa shape index (κ2) is 3.51. The zero-order chi connectivity index (χ0) is 11.0. The van der Waals surface area contributed by atoms with Crippen molar-refractivity contribution in [1.82, 2.24) is 4.98 Å². The number of H-pyrrole nitrogens is 1. The highest BCUT2D eigenvalue weighted by molar-refractivity contribution is 5.92. The van der Waals surface area contributed by atoms with Crippen LogP contribution >= 0.6 is 0 Å². The highest BCUT2D eigenvalue weighted by atomic mass is 16.2. The largest absolute Gasteiger partial charge is 0.365 e. The number of aromatic nitrogens is 1. The van der Waals surface area contributed by atoms with Crippen molar-refractivity contribution >= 4 is 5.91 Å². The SMILES string of the molecule is NC(=O)c1cc2c([nH]c1=O)CC[C@@H](N)C2. The first-order chi connectivity index (χ1) is 7.08. The predicted molar refractivity (Wildman–Crippen MR) is 55.6 cm³/mol. The van der Waals surface area contributed by atoms with Crippen molar-refractivity contribution in [2.24, 2.45) is 11.5 Å². The van der Waals surface area contributed by atoms with E-state index in [4.69, 9.17) is 11.5 Å². The number of nitrogens with one attached hydrogen (secondary N) is 1. The summed E-state index contributed by atoms with van der Waals surface area (Å²) in [5, 5.41) is 0. The first-order valence-electron chi connectivity index (χ1n) is 4.88. The van der Waals surface area contributed by atoms with Gasteiger partial charge in [-0.15, -0.1) is 0 Å². The summed E-state index contributed by atoms with van der Waals surface area (Å²) < 4.78 is 0. The Labute approximate surface area is 86.5 Å². The normalized spacial score (nSPS) is 19.7. The van der Waals surface area contributed by atoms with E-state index in [1.807, 2.05) is 0 Å². The average molecular weight is 207 g/mol. The van der Waals surface area contributed by atoms with Crippen molar-refractivity contribution in [1.29, 1.82) is 0 Å². The van der Waals surface area contributed by atoms with Crippen molar-refractivity contribution in [2.75, 3.05) is 0 Å². The molecule has 2 rings (SSSR count). The maximum atomic E-state index is 11.4. The molecule has 1 aromatic rings. The van der Waals surface area contributed by atoms with E-state index in [-0.39, 0.29) is 11.6 Å². The van der Waals surface area contributed by atoms with E-state index in [0.29, 0.717) is 6.42 Å². The number of hydrogen-bond acceptors (Lipinski definition) is 3. The molecule has 0 saturated carbocycles. The Balaban J connectivity index is 2.52. The van der Waals surface area contributed by atoms with Crippen LogP contribution in [0.15, 0.2) is 10.9 Å². The van der Waals surface area contributed by atoms with Gasteiger partial charge in [-0.1, -0.05) is 0 Å². The smallest absolute Gasteiger partial charge is 0.261 e. The van der Waals surface area contributed by atoms with Gasteiger partial charge in [0.2, 0.25) is 0 Å². The summed E-state index contributed by atoms with van der Waals surface area (Å²) in [7, 11) is 0. The van der Waals surface area contributed by atoms with E-state index < -0.39 is 11.5 Å². The Kier molecular flexibility index (Phi) is 2.32. The van der Waals surface area contributed by atoms with Gasteiger partial charge in [-0.05, 0) is 30.9 Å². The lowest BCUT2D eigenvalue weighted by Crippen LogP contribution is -2.32. The summed E-state index contributed by atoms with van der Waals surface area (Å²) in [4.78, 5) is 25.1. The topological polar surface area (TPSA) is 102 Å². The average Bonchev–Trinajstić information content (AvgIpc) is 2.17. The van der Waals surface area contributed by atoms with Gasteiger partial charge in [0.25, 0.3) is 11.5 Å². The number of pyridine rings is 1. The molecule has 80 valence electrons. The van der Waals surface area contributed by atoms with Crippen molar-refractivity contribution in [3.8, 4) is 0 Å². The predicted octanol–water partition coefficient (Wildman–Crippen LogP) is -0.710. The minimum atomic E-state index is -0.696. The molecule has 0 unspecified atom stereocenters. The third-order valence-corrected chi connectivity index (χ3v) is 2.73. The van der Waals surface area contributed by atoms with E-state index in [1.54, 1.807) is 6.07 Å². The second-order valence-corrected chi connectivity index (χ2v) is 3.88. The molecule has 0 radical (unpaired) electrons. The van der Waals surface area contributed by atoms with E-state index in [2.05, 4.69) is 4.98 Å². The molecule has 1 aromatic heterocycles. The minimum Gasteiger partial charge on any atom is -0.365 e. The van der Waals surface area contributed by atoms with Gasteiger partial charge in [-0.2, -0.15) is 0 Å². The van der Waals surface area contributed by atoms with Crippen LogP contribution in [0.1, 0.15) is 28.0 Å². The van der Waals surface area contributed by atoms with Crippen LogP contribution in [0.4, 0.5) is 0 Å². The fourth-order valence-electron chi connectivity index (χ4n) is 1.91. The molecule has 5 nitrogen and oxygen atoms in total. The number of rotatable bonds is 1. The van der Waals surface area contributed by atoms with Crippen molar-refractivity contribution in [2.45, 2.75) is 25.3 Å². The van der Waals surface area contributed by atoms with Crippen molar-refractivity contribution in [3.05, 3.63) is 33.2 Å². The van der Waals surface area contributed by atoms with E-state index in [9.17, 15) is 9.59 Å². The van der Waals surface area contributed by atoms with Crippen molar-refractivity contribution < 1.29 is 4.79 Å². The Morgan fingerprint density at radius 1 is 1.53 bits per heavy atom. The number of aromatic amines is 1. The van der Waals surface area contributed by atoms with Crippen LogP contribution in [0.2, 0.25) is 0 Å². The van der Waals surface area contributed by atoms with Crippen LogP contribution in [0, 0.1) is 0 Å². The lowest BCUT2D eigenvalue weighted by molar-refractivity contribution is 0.0998. The zero-order valence-electron chi connectivity index (χ0n) is 8.25.